The van der Waals surface area contributed by atoms with E-state index < -0.39 is 0 Å². The first kappa shape index (κ1) is 15.7. The molecular weight excluding hydrogens is 238 g/mol. The highest BCUT2D eigenvalue weighted by atomic mass is 16.5. The zero-order valence-corrected chi connectivity index (χ0v) is 12.3. The van der Waals surface area contributed by atoms with Gasteiger partial charge in [0.15, 0.2) is 0 Å². The van der Waals surface area contributed by atoms with Gasteiger partial charge in [0.1, 0.15) is 11.5 Å². The lowest BCUT2D eigenvalue weighted by molar-refractivity contribution is 0.304. The molecule has 0 aliphatic heterocycles. The van der Waals surface area contributed by atoms with Crippen LogP contribution in [0.3, 0.4) is 0 Å². The molecular formula is C16H27NO2. The molecule has 3 nitrogen and oxygen atoms in total. The smallest absolute Gasteiger partial charge is 0.142 e. The number of methoxy groups -OCH3 is 1. The summed E-state index contributed by atoms with van der Waals surface area (Å²) in [5, 5.41) is 0. The monoisotopic (exact) mass is 265 g/mol. The van der Waals surface area contributed by atoms with Crippen molar-refractivity contribution in [3.63, 3.8) is 0 Å². The molecule has 108 valence electrons. The van der Waals surface area contributed by atoms with Gasteiger partial charge in [-0.15, -0.1) is 0 Å². The molecule has 0 aliphatic carbocycles. The average molecular weight is 265 g/mol. The number of nitrogen functional groups attached to an aromatic ring is 1. The summed E-state index contributed by atoms with van der Waals surface area (Å²) in [6.45, 7) is 3.01. The summed E-state index contributed by atoms with van der Waals surface area (Å²) in [6, 6.07) is 5.56. The van der Waals surface area contributed by atoms with E-state index in [2.05, 4.69) is 6.92 Å². The highest BCUT2D eigenvalue weighted by Crippen LogP contribution is 2.26. The standard InChI is InChI=1S/C16H27NO2/c1-3-4-5-6-7-8-9-12-19-14-10-11-16(18-2)15(17)13-14/h10-11,13H,3-9,12,17H2,1-2H3. The minimum Gasteiger partial charge on any atom is -0.495 e. The lowest BCUT2D eigenvalue weighted by atomic mass is 10.1. The van der Waals surface area contributed by atoms with Gasteiger partial charge < -0.3 is 15.2 Å². The Kier molecular flexibility index (Phi) is 7.87. The Bertz CT molecular complexity index is 353. The van der Waals surface area contributed by atoms with E-state index in [1.54, 1.807) is 7.11 Å². The predicted molar refractivity (Wildman–Crippen MR) is 80.9 cm³/mol. The number of ether oxygens (including phenoxy) is 2. The van der Waals surface area contributed by atoms with Gasteiger partial charge in [0, 0.05) is 6.07 Å². The molecule has 0 aromatic heterocycles. The Morgan fingerprint density at radius 2 is 1.68 bits per heavy atom. The molecule has 0 amide bonds. The second-order valence-corrected chi connectivity index (χ2v) is 4.87. The fraction of sp³-hybridized carbons (Fsp3) is 0.625. The highest BCUT2D eigenvalue weighted by molar-refractivity contribution is 5.56. The van der Waals surface area contributed by atoms with Crippen LogP contribution >= 0.6 is 0 Å². The van der Waals surface area contributed by atoms with E-state index in [4.69, 9.17) is 15.2 Å². The van der Waals surface area contributed by atoms with Crippen LogP contribution in [0.1, 0.15) is 51.9 Å². The maximum absolute atomic E-state index is 5.83. The second-order valence-electron chi connectivity index (χ2n) is 4.87. The van der Waals surface area contributed by atoms with Gasteiger partial charge in [0.25, 0.3) is 0 Å². The van der Waals surface area contributed by atoms with E-state index in [1.807, 2.05) is 18.2 Å². The first-order valence-corrected chi connectivity index (χ1v) is 7.34. The van der Waals surface area contributed by atoms with Crippen LogP contribution in [0.5, 0.6) is 11.5 Å². The van der Waals surface area contributed by atoms with Crippen LogP contribution in [0.2, 0.25) is 0 Å². The first-order chi connectivity index (χ1) is 9.27. The minimum absolute atomic E-state index is 0.625. The van der Waals surface area contributed by atoms with E-state index >= 15 is 0 Å². The lowest BCUT2D eigenvalue weighted by Gasteiger charge is -2.09. The predicted octanol–water partition coefficient (Wildman–Crippen LogP) is 4.41. The van der Waals surface area contributed by atoms with E-state index in [0.29, 0.717) is 11.4 Å². The van der Waals surface area contributed by atoms with E-state index in [-0.39, 0.29) is 0 Å². The van der Waals surface area contributed by atoms with Crippen molar-refractivity contribution in [2.75, 3.05) is 19.5 Å². The van der Waals surface area contributed by atoms with Crippen LogP contribution in [0.15, 0.2) is 18.2 Å². The van der Waals surface area contributed by atoms with Crippen LogP contribution in [0, 0.1) is 0 Å². The molecule has 0 saturated heterocycles. The summed E-state index contributed by atoms with van der Waals surface area (Å²) in [4.78, 5) is 0. The molecule has 0 atom stereocenters. The maximum Gasteiger partial charge on any atom is 0.142 e. The summed E-state index contributed by atoms with van der Waals surface area (Å²) in [5.74, 6) is 1.52. The van der Waals surface area contributed by atoms with Crippen molar-refractivity contribution in [3.8, 4) is 11.5 Å². The van der Waals surface area contributed by atoms with Crippen LogP contribution in [0.4, 0.5) is 5.69 Å². The van der Waals surface area contributed by atoms with Gasteiger partial charge in [0.05, 0.1) is 19.4 Å². The Labute approximate surface area is 117 Å². The SMILES string of the molecule is CCCCCCCCCOc1ccc(OC)c(N)c1. The number of hydrogen-bond donors (Lipinski definition) is 1. The minimum atomic E-state index is 0.625. The lowest BCUT2D eigenvalue weighted by Crippen LogP contribution is -1.99. The van der Waals surface area contributed by atoms with Crippen molar-refractivity contribution in [2.45, 2.75) is 51.9 Å². The Morgan fingerprint density at radius 1 is 1.00 bits per heavy atom. The molecule has 0 heterocycles. The first-order valence-electron chi connectivity index (χ1n) is 7.34. The van der Waals surface area contributed by atoms with Crippen molar-refractivity contribution >= 4 is 5.69 Å². The van der Waals surface area contributed by atoms with Gasteiger partial charge in [0.2, 0.25) is 0 Å². The molecule has 0 radical (unpaired) electrons. The van der Waals surface area contributed by atoms with E-state index in [0.717, 1.165) is 18.8 Å². The normalized spacial score (nSPS) is 10.4. The van der Waals surface area contributed by atoms with Gasteiger partial charge in [-0.05, 0) is 18.6 Å². The molecule has 1 rings (SSSR count). The van der Waals surface area contributed by atoms with Crippen molar-refractivity contribution < 1.29 is 9.47 Å². The molecule has 0 fully saturated rings. The van der Waals surface area contributed by atoms with Crippen LogP contribution in [0.25, 0.3) is 0 Å². The maximum atomic E-state index is 5.83. The van der Waals surface area contributed by atoms with Gasteiger partial charge in [-0.3, -0.25) is 0 Å². The third-order valence-corrected chi connectivity index (χ3v) is 3.22. The number of hydrogen-bond acceptors (Lipinski definition) is 3. The highest BCUT2D eigenvalue weighted by Gasteiger charge is 2.01. The van der Waals surface area contributed by atoms with E-state index in [9.17, 15) is 0 Å². The molecule has 0 saturated carbocycles. The molecule has 0 spiro atoms. The third-order valence-electron chi connectivity index (χ3n) is 3.22. The van der Waals surface area contributed by atoms with Gasteiger partial charge in [-0.1, -0.05) is 45.4 Å². The van der Waals surface area contributed by atoms with Crippen LogP contribution in [-0.2, 0) is 0 Å². The third kappa shape index (κ3) is 6.37. The molecule has 3 heteroatoms. The van der Waals surface area contributed by atoms with Crippen molar-refractivity contribution in [2.24, 2.45) is 0 Å². The summed E-state index contributed by atoms with van der Waals surface area (Å²) < 4.78 is 10.8. The number of anilines is 1. The largest absolute Gasteiger partial charge is 0.495 e. The molecule has 0 unspecified atom stereocenters. The number of benzene rings is 1. The Balaban J connectivity index is 2.11. The summed E-state index contributed by atoms with van der Waals surface area (Å²) in [5.41, 5.74) is 6.45. The zero-order chi connectivity index (χ0) is 13.9. The molecule has 2 N–H and O–H groups in total. The van der Waals surface area contributed by atoms with Crippen molar-refractivity contribution in [1.82, 2.24) is 0 Å². The van der Waals surface area contributed by atoms with Crippen LogP contribution in [-0.4, -0.2) is 13.7 Å². The second kappa shape index (κ2) is 9.54. The summed E-state index contributed by atoms with van der Waals surface area (Å²) in [6.07, 6.45) is 9.06. The molecule has 1 aromatic carbocycles. The van der Waals surface area contributed by atoms with Crippen LogP contribution < -0.4 is 15.2 Å². The molecule has 19 heavy (non-hydrogen) atoms. The van der Waals surface area contributed by atoms with Gasteiger partial charge in [-0.2, -0.15) is 0 Å². The Hall–Kier alpha value is -1.38. The quantitative estimate of drug-likeness (QED) is 0.503. The number of unbranched alkanes of at least 4 members (excludes halogenated alkanes) is 6. The molecule has 1 aromatic rings. The van der Waals surface area contributed by atoms with Crippen molar-refractivity contribution in [1.29, 1.82) is 0 Å². The van der Waals surface area contributed by atoms with Gasteiger partial charge >= 0.3 is 0 Å². The molecule has 0 aliphatic rings. The fourth-order valence-corrected chi connectivity index (χ4v) is 2.05. The number of nitrogens with two attached hydrogens (primary N) is 1. The van der Waals surface area contributed by atoms with E-state index in [1.165, 1.54) is 38.5 Å². The average Bonchev–Trinajstić information content (AvgIpc) is 2.42. The molecule has 0 bridgehead atoms. The fourth-order valence-electron chi connectivity index (χ4n) is 2.05. The van der Waals surface area contributed by atoms with Gasteiger partial charge in [-0.25, -0.2) is 0 Å². The zero-order valence-electron chi connectivity index (χ0n) is 12.3. The summed E-state index contributed by atoms with van der Waals surface area (Å²) >= 11 is 0. The Morgan fingerprint density at radius 3 is 2.32 bits per heavy atom. The van der Waals surface area contributed by atoms with Crippen molar-refractivity contribution in [3.05, 3.63) is 18.2 Å². The topological polar surface area (TPSA) is 44.5 Å². The number of rotatable bonds is 10. The summed E-state index contributed by atoms with van der Waals surface area (Å²) in [7, 11) is 1.62.